The molecule has 0 amide bonds. The maximum absolute atomic E-state index is 12.8. The minimum Gasteiger partial charge on any atom is -0.330 e. The van der Waals surface area contributed by atoms with Crippen LogP contribution in [0.5, 0.6) is 0 Å². The Morgan fingerprint density at radius 1 is 1.47 bits per heavy atom. The molecule has 1 unspecified atom stereocenters. The first-order valence-corrected chi connectivity index (χ1v) is 5.08. The summed E-state index contributed by atoms with van der Waals surface area (Å²) in [5.74, 6) is 0. The molecule has 1 nitrogen and oxygen atoms in total. The van der Waals surface area contributed by atoms with Gasteiger partial charge in [0.15, 0.2) is 0 Å². The molecule has 0 aromatic heterocycles. The molecule has 0 fully saturated rings. The van der Waals surface area contributed by atoms with Crippen LogP contribution in [-0.2, 0) is 6.42 Å². The van der Waals surface area contributed by atoms with E-state index in [1.807, 2.05) is 0 Å². The molecule has 0 saturated carbocycles. The minimum atomic E-state index is -2.43. The molecule has 1 rings (SSSR count). The van der Waals surface area contributed by atoms with E-state index >= 15 is 0 Å². The van der Waals surface area contributed by atoms with Gasteiger partial charge in [-0.15, -0.1) is 0 Å². The summed E-state index contributed by atoms with van der Waals surface area (Å²) < 4.78 is 25.5. The van der Waals surface area contributed by atoms with E-state index in [2.05, 4.69) is 0 Å². The van der Waals surface area contributed by atoms with Crippen molar-refractivity contribution in [2.45, 2.75) is 19.8 Å². The van der Waals surface area contributed by atoms with Crippen molar-refractivity contribution < 1.29 is 8.78 Å². The molecule has 0 bridgehead atoms. The highest BCUT2D eigenvalue weighted by molar-refractivity contribution is 6.30. The second kappa shape index (κ2) is 4.90. The lowest BCUT2D eigenvalue weighted by Gasteiger charge is -2.27. The molecule has 0 spiro atoms. The quantitative estimate of drug-likeness (QED) is 0.850. The summed E-state index contributed by atoms with van der Waals surface area (Å²) in [4.78, 5) is 0. The first-order chi connectivity index (χ1) is 6.98. The van der Waals surface area contributed by atoms with Crippen molar-refractivity contribution in [3.63, 3.8) is 0 Å². The molecule has 0 saturated heterocycles. The third kappa shape index (κ3) is 3.14. The molecule has 1 atom stereocenters. The van der Waals surface area contributed by atoms with E-state index in [1.54, 1.807) is 24.3 Å². The largest absolute Gasteiger partial charge is 0.330 e. The average molecular weight is 234 g/mol. The summed E-state index contributed by atoms with van der Waals surface area (Å²) in [7, 11) is 0. The summed E-state index contributed by atoms with van der Waals surface area (Å²) in [6.45, 7) is 1.44. The lowest BCUT2D eigenvalue weighted by Crippen LogP contribution is -2.36. The van der Waals surface area contributed by atoms with Gasteiger partial charge in [0.25, 0.3) is 0 Å². The topological polar surface area (TPSA) is 26.0 Å². The van der Waals surface area contributed by atoms with Crippen molar-refractivity contribution in [3.05, 3.63) is 34.9 Å². The van der Waals surface area contributed by atoms with Crippen molar-refractivity contribution in [2.75, 3.05) is 6.54 Å². The molecule has 15 heavy (non-hydrogen) atoms. The van der Waals surface area contributed by atoms with Crippen LogP contribution in [0.4, 0.5) is 8.78 Å². The smallest absolute Gasteiger partial charge is 0.245 e. The van der Waals surface area contributed by atoms with Gasteiger partial charge in [0.05, 0.1) is 0 Å². The summed E-state index contributed by atoms with van der Waals surface area (Å²) in [5.41, 5.74) is 4.99. The van der Waals surface area contributed by atoms with Gasteiger partial charge in [-0.3, -0.25) is 0 Å². The molecule has 0 heterocycles. The van der Waals surface area contributed by atoms with Crippen LogP contribution in [0.15, 0.2) is 24.3 Å². The summed E-state index contributed by atoms with van der Waals surface area (Å²) in [6.07, 6.45) is -2.19. The maximum atomic E-state index is 12.8. The molecule has 0 aliphatic heterocycles. The van der Waals surface area contributed by atoms with Gasteiger partial charge in [-0.25, -0.2) is 8.78 Å². The van der Waals surface area contributed by atoms with Gasteiger partial charge >= 0.3 is 0 Å². The molecule has 0 radical (unpaired) electrons. The Bertz CT molecular complexity index is 330. The van der Waals surface area contributed by atoms with Crippen molar-refractivity contribution in [1.82, 2.24) is 0 Å². The zero-order chi connectivity index (χ0) is 11.5. The fourth-order valence-electron chi connectivity index (χ4n) is 1.35. The van der Waals surface area contributed by atoms with Crippen LogP contribution >= 0.6 is 11.6 Å². The Kier molecular flexibility index (Phi) is 4.05. The molecule has 1 aromatic carbocycles. The predicted octanol–water partition coefficient (Wildman–Crippen LogP) is 3.11. The highest BCUT2D eigenvalue weighted by atomic mass is 35.5. The van der Waals surface area contributed by atoms with Gasteiger partial charge in [-0.05, 0) is 24.1 Å². The van der Waals surface area contributed by atoms with Gasteiger partial charge in [-0.1, -0.05) is 30.7 Å². The SMILES string of the molecule is CC(CN)(Cc1cccc(Cl)c1)C(F)F. The lowest BCUT2D eigenvalue weighted by atomic mass is 9.84. The molecule has 0 aliphatic rings. The fraction of sp³-hybridized carbons (Fsp3) is 0.455. The van der Waals surface area contributed by atoms with Crippen molar-refractivity contribution in [1.29, 1.82) is 0 Å². The minimum absolute atomic E-state index is 0.0445. The molecular weight excluding hydrogens is 220 g/mol. The first-order valence-electron chi connectivity index (χ1n) is 4.70. The van der Waals surface area contributed by atoms with Crippen LogP contribution in [-0.4, -0.2) is 13.0 Å². The second-order valence-electron chi connectivity index (χ2n) is 3.97. The van der Waals surface area contributed by atoms with Crippen LogP contribution in [0.1, 0.15) is 12.5 Å². The zero-order valence-electron chi connectivity index (χ0n) is 8.51. The molecular formula is C11H14ClF2N. The highest BCUT2D eigenvalue weighted by Crippen LogP contribution is 2.29. The predicted molar refractivity (Wildman–Crippen MR) is 58.3 cm³/mol. The van der Waals surface area contributed by atoms with Gasteiger partial charge in [0.2, 0.25) is 6.43 Å². The average Bonchev–Trinajstić information content (AvgIpc) is 2.17. The van der Waals surface area contributed by atoms with E-state index in [0.29, 0.717) is 5.02 Å². The Morgan fingerprint density at radius 2 is 2.13 bits per heavy atom. The Balaban J connectivity index is 2.84. The van der Waals surface area contributed by atoms with Gasteiger partial charge in [-0.2, -0.15) is 0 Å². The maximum Gasteiger partial charge on any atom is 0.245 e. The summed E-state index contributed by atoms with van der Waals surface area (Å²) >= 11 is 5.78. The van der Waals surface area contributed by atoms with E-state index in [0.717, 1.165) is 5.56 Å². The van der Waals surface area contributed by atoms with Crippen molar-refractivity contribution in [3.8, 4) is 0 Å². The molecule has 4 heteroatoms. The van der Waals surface area contributed by atoms with E-state index in [4.69, 9.17) is 17.3 Å². The first kappa shape index (κ1) is 12.4. The van der Waals surface area contributed by atoms with Gasteiger partial charge in [0.1, 0.15) is 0 Å². The lowest BCUT2D eigenvalue weighted by molar-refractivity contribution is 0.0133. The zero-order valence-corrected chi connectivity index (χ0v) is 9.27. The normalized spacial score (nSPS) is 15.3. The number of rotatable bonds is 4. The second-order valence-corrected chi connectivity index (χ2v) is 4.40. The Morgan fingerprint density at radius 3 is 2.60 bits per heavy atom. The van der Waals surface area contributed by atoms with Gasteiger partial charge < -0.3 is 5.73 Å². The van der Waals surface area contributed by atoms with Crippen LogP contribution in [0, 0.1) is 5.41 Å². The van der Waals surface area contributed by atoms with E-state index < -0.39 is 11.8 Å². The van der Waals surface area contributed by atoms with E-state index in [9.17, 15) is 8.78 Å². The van der Waals surface area contributed by atoms with E-state index in [1.165, 1.54) is 6.92 Å². The van der Waals surface area contributed by atoms with Crippen LogP contribution < -0.4 is 5.73 Å². The van der Waals surface area contributed by atoms with Crippen molar-refractivity contribution >= 4 is 11.6 Å². The number of nitrogens with two attached hydrogens (primary N) is 1. The highest BCUT2D eigenvalue weighted by Gasteiger charge is 2.33. The van der Waals surface area contributed by atoms with Crippen LogP contribution in [0.25, 0.3) is 0 Å². The Hall–Kier alpha value is -0.670. The van der Waals surface area contributed by atoms with Crippen molar-refractivity contribution in [2.24, 2.45) is 11.1 Å². The van der Waals surface area contributed by atoms with Gasteiger partial charge in [0, 0.05) is 17.0 Å². The number of hydrogen-bond acceptors (Lipinski definition) is 1. The molecule has 0 aliphatic carbocycles. The number of hydrogen-bond donors (Lipinski definition) is 1. The third-order valence-corrected chi connectivity index (χ3v) is 2.73. The fourth-order valence-corrected chi connectivity index (χ4v) is 1.56. The van der Waals surface area contributed by atoms with E-state index in [-0.39, 0.29) is 13.0 Å². The molecule has 1 aromatic rings. The number of benzene rings is 1. The third-order valence-electron chi connectivity index (χ3n) is 2.49. The Labute approximate surface area is 93.2 Å². The van der Waals surface area contributed by atoms with Crippen LogP contribution in [0.3, 0.4) is 0 Å². The molecule has 2 N–H and O–H groups in total. The summed E-state index contributed by atoms with van der Waals surface area (Å²) in [6, 6.07) is 6.94. The molecule has 84 valence electrons. The number of halogens is 3. The summed E-state index contributed by atoms with van der Waals surface area (Å²) in [5, 5.41) is 0.557. The number of alkyl halides is 2. The van der Waals surface area contributed by atoms with Crippen LogP contribution in [0.2, 0.25) is 5.02 Å². The monoisotopic (exact) mass is 233 g/mol. The standard InChI is InChI=1S/C11H14ClF2N/c1-11(7-15,10(13)14)6-8-3-2-4-9(12)5-8/h2-5,10H,6-7,15H2,1H3.